The second-order valence-corrected chi connectivity index (χ2v) is 19.4. The van der Waals surface area contributed by atoms with Gasteiger partial charge in [-0.3, -0.25) is 0 Å². The summed E-state index contributed by atoms with van der Waals surface area (Å²) in [5.41, 5.74) is -0.554. The standard InChI is InChI=1S/C45H70O13/c1-25-21-35(56-45(23-25)36(47)13-12-32(55-45)24-42(7,51)41(49)50)26(2)10-11-31-15-17-43(54-31)18-16-34-40(57-43)37(48)30(6)39(53-34)33(46)22-28(4)38-27(3)14-19-44(58-38)29(5)9-8-20-52-44/h10-11,23,26-29,31-40,46-48,51H,6,8-9,12-22,24H2,1-5,7H3,(H,49,50)/t26-,27-,28+,29?,31+,32+,33+,34-,35+,36-,37-,38+,39+,40-,42-,43-,44-,45-/m1/s1. The third-order valence-corrected chi connectivity index (χ3v) is 14.5. The van der Waals surface area contributed by atoms with Crippen molar-refractivity contribution in [2.24, 2.45) is 23.7 Å². The third kappa shape index (κ3) is 8.93. The van der Waals surface area contributed by atoms with Crippen LogP contribution in [-0.4, -0.2) is 122 Å². The molecule has 6 saturated heterocycles. The van der Waals surface area contributed by atoms with Gasteiger partial charge in [0.25, 0.3) is 0 Å². The Morgan fingerprint density at radius 2 is 1.78 bits per heavy atom. The van der Waals surface area contributed by atoms with Gasteiger partial charge in [0.1, 0.15) is 24.4 Å². The van der Waals surface area contributed by atoms with Crippen molar-refractivity contribution in [3.63, 3.8) is 0 Å². The first-order valence-electron chi connectivity index (χ1n) is 22.1. The topological polar surface area (TPSA) is 183 Å². The quantitative estimate of drug-likeness (QED) is 0.176. The highest BCUT2D eigenvalue weighted by Gasteiger charge is 2.55. The Balaban J connectivity index is 0.922. The normalized spacial score (nSPS) is 46.1. The predicted octanol–water partition coefficient (Wildman–Crippen LogP) is 5.46. The molecule has 5 N–H and O–H groups in total. The van der Waals surface area contributed by atoms with Crippen LogP contribution in [0.1, 0.15) is 125 Å². The SMILES string of the molecule is C=C1[C@@H](O)[C@@H]2O[C@]3(CC[C@H](C=C[C@@H](C)[C@@H]4CC(C)=C[C@@]5(O[C@H](C[C@@](C)(O)C(=O)O)CC[C@H]5O)O4)O3)CC[C@H]2O[C@@H]1[C@@H](O)C[C@H](C)[C@H]1O[C@@]2(CC[C@H]1C)OCCCC2C. The Kier molecular flexibility index (Phi) is 13.1. The van der Waals surface area contributed by atoms with Gasteiger partial charge in [-0.2, -0.15) is 0 Å². The molecule has 7 heterocycles. The van der Waals surface area contributed by atoms with Gasteiger partial charge in [-0.25, -0.2) is 4.79 Å². The molecule has 3 spiro atoms. The molecule has 18 atom stereocenters. The van der Waals surface area contributed by atoms with E-state index in [0.29, 0.717) is 62.4 Å². The smallest absolute Gasteiger partial charge is 0.335 e. The lowest BCUT2D eigenvalue weighted by Gasteiger charge is -2.51. The summed E-state index contributed by atoms with van der Waals surface area (Å²) in [6.07, 6.45) is 8.36. The third-order valence-electron chi connectivity index (χ3n) is 14.5. The van der Waals surface area contributed by atoms with E-state index in [-0.39, 0.29) is 36.6 Å². The van der Waals surface area contributed by atoms with Crippen LogP contribution in [0.25, 0.3) is 0 Å². The summed E-state index contributed by atoms with van der Waals surface area (Å²) in [4.78, 5) is 11.6. The number of carboxylic acid groups (broad SMARTS) is 1. The molecule has 328 valence electrons. The molecule has 13 nitrogen and oxygen atoms in total. The minimum absolute atomic E-state index is 0.0385. The lowest BCUT2D eigenvalue weighted by molar-refractivity contribution is -0.334. The van der Waals surface area contributed by atoms with Crippen LogP contribution < -0.4 is 0 Å². The number of aliphatic hydroxyl groups is 4. The van der Waals surface area contributed by atoms with Crippen LogP contribution in [0.15, 0.2) is 36.0 Å². The summed E-state index contributed by atoms with van der Waals surface area (Å²) in [7, 11) is 0. The van der Waals surface area contributed by atoms with E-state index in [1.165, 1.54) is 6.92 Å². The number of aliphatic carboxylic acids is 1. The highest BCUT2D eigenvalue weighted by molar-refractivity contribution is 5.76. The average molecular weight is 819 g/mol. The molecule has 0 aromatic rings. The highest BCUT2D eigenvalue weighted by atomic mass is 16.7. The van der Waals surface area contributed by atoms with Crippen molar-refractivity contribution in [2.45, 2.75) is 209 Å². The molecule has 0 saturated carbocycles. The van der Waals surface area contributed by atoms with E-state index in [1.807, 2.05) is 19.9 Å². The van der Waals surface area contributed by atoms with Crippen molar-refractivity contribution < 1.29 is 63.5 Å². The van der Waals surface area contributed by atoms with Gasteiger partial charge in [0.15, 0.2) is 17.2 Å². The fourth-order valence-corrected chi connectivity index (χ4v) is 10.9. The van der Waals surface area contributed by atoms with Gasteiger partial charge in [-0.1, -0.05) is 52.0 Å². The number of hydrogen-bond acceptors (Lipinski definition) is 12. The summed E-state index contributed by atoms with van der Waals surface area (Å²) in [5, 5.41) is 54.1. The number of ether oxygens (including phenoxy) is 7. The van der Waals surface area contributed by atoms with Crippen LogP contribution in [0.4, 0.5) is 0 Å². The summed E-state index contributed by atoms with van der Waals surface area (Å²) in [6, 6.07) is 0. The molecule has 0 radical (unpaired) electrons. The van der Waals surface area contributed by atoms with Crippen LogP contribution in [0.3, 0.4) is 0 Å². The van der Waals surface area contributed by atoms with Gasteiger partial charge >= 0.3 is 5.97 Å². The average Bonchev–Trinajstić information content (AvgIpc) is 3.57. The molecule has 1 unspecified atom stereocenters. The van der Waals surface area contributed by atoms with Gasteiger partial charge in [0.05, 0.1) is 43.2 Å². The molecular weight excluding hydrogens is 748 g/mol. The van der Waals surface area contributed by atoms with Crippen molar-refractivity contribution >= 4 is 5.97 Å². The van der Waals surface area contributed by atoms with Crippen LogP contribution >= 0.6 is 0 Å². The van der Waals surface area contributed by atoms with Crippen LogP contribution in [0.2, 0.25) is 0 Å². The minimum Gasteiger partial charge on any atom is -0.479 e. The van der Waals surface area contributed by atoms with Crippen LogP contribution in [0, 0.1) is 23.7 Å². The van der Waals surface area contributed by atoms with Gasteiger partial charge in [-0.15, -0.1) is 0 Å². The number of hydrogen-bond donors (Lipinski definition) is 5. The Hall–Kier alpha value is -1.75. The second kappa shape index (κ2) is 17.2. The molecule has 7 aliphatic heterocycles. The number of aliphatic hydroxyl groups excluding tert-OH is 3. The first kappa shape index (κ1) is 44.3. The van der Waals surface area contributed by atoms with E-state index in [1.54, 1.807) is 6.08 Å². The summed E-state index contributed by atoms with van der Waals surface area (Å²) >= 11 is 0. The zero-order valence-corrected chi connectivity index (χ0v) is 35.4. The Morgan fingerprint density at radius 1 is 1.02 bits per heavy atom. The van der Waals surface area contributed by atoms with Crippen molar-refractivity contribution in [1.29, 1.82) is 0 Å². The second-order valence-electron chi connectivity index (χ2n) is 19.4. The van der Waals surface area contributed by atoms with Crippen molar-refractivity contribution in [2.75, 3.05) is 6.61 Å². The fourth-order valence-electron chi connectivity index (χ4n) is 10.9. The fraction of sp³-hybridized carbons (Fsp3) is 0.844. The van der Waals surface area contributed by atoms with Gasteiger partial charge in [0.2, 0.25) is 5.79 Å². The Labute approximate surface area is 344 Å². The van der Waals surface area contributed by atoms with E-state index in [9.17, 15) is 30.3 Å². The molecule has 0 aliphatic carbocycles. The van der Waals surface area contributed by atoms with E-state index >= 15 is 0 Å². The number of carbonyl (C=O) groups is 1. The molecule has 58 heavy (non-hydrogen) atoms. The zero-order valence-electron chi connectivity index (χ0n) is 35.4. The maximum Gasteiger partial charge on any atom is 0.335 e. The molecule has 6 fully saturated rings. The largest absolute Gasteiger partial charge is 0.479 e. The highest BCUT2D eigenvalue weighted by Crippen LogP contribution is 2.48. The van der Waals surface area contributed by atoms with E-state index < -0.39 is 71.7 Å². The molecule has 0 aromatic heterocycles. The number of carboxylic acids is 1. The van der Waals surface area contributed by atoms with Gasteiger partial charge < -0.3 is 58.7 Å². The zero-order chi connectivity index (χ0) is 41.8. The maximum absolute atomic E-state index is 11.6. The monoisotopic (exact) mass is 818 g/mol. The van der Waals surface area contributed by atoms with Crippen molar-refractivity contribution in [3.8, 4) is 0 Å². The Morgan fingerprint density at radius 3 is 2.52 bits per heavy atom. The first-order valence-corrected chi connectivity index (χ1v) is 22.1. The van der Waals surface area contributed by atoms with E-state index in [2.05, 4.69) is 33.4 Å². The summed E-state index contributed by atoms with van der Waals surface area (Å²) in [5.74, 6) is -3.56. The molecule has 0 aromatic carbocycles. The molecule has 7 rings (SSSR count). The number of fused-ring (bicyclic) bond motifs is 1. The summed E-state index contributed by atoms with van der Waals surface area (Å²) < 4.78 is 45.5. The van der Waals surface area contributed by atoms with Crippen molar-refractivity contribution in [3.05, 3.63) is 36.0 Å². The molecule has 7 aliphatic rings. The van der Waals surface area contributed by atoms with Crippen molar-refractivity contribution in [1.82, 2.24) is 0 Å². The molecule has 0 amide bonds. The molecular formula is C45H70O13. The van der Waals surface area contributed by atoms with E-state index in [0.717, 1.165) is 44.3 Å². The summed E-state index contributed by atoms with van der Waals surface area (Å²) in [6.45, 7) is 16.7. The number of rotatable bonds is 10. The molecule has 13 heteroatoms. The maximum atomic E-state index is 11.6. The van der Waals surface area contributed by atoms with Gasteiger partial charge in [-0.05, 0) is 95.1 Å². The van der Waals surface area contributed by atoms with Gasteiger partial charge in [0, 0.05) is 37.5 Å². The predicted molar refractivity (Wildman–Crippen MR) is 212 cm³/mol. The van der Waals surface area contributed by atoms with Crippen LogP contribution in [0.5, 0.6) is 0 Å². The first-order chi connectivity index (χ1) is 27.3. The lowest BCUT2D eigenvalue weighted by atomic mass is 9.78. The molecule has 0 bridgehead atoms. The van der Waals surface area contributed by atoms with Crippen LogP contribution in [-0.2, 0) is 38.0 Å². The lowest BCUT2D eigenvalue weighted by Crippen LogP contribution is -2.60. The minimum atomic E-state index is -1.96. The Bertz CT molecular complexity index is 1550. The van der Waals surface area contributed by atoms with E-state index in [4.69, 9.17) is 33.2 Å².